The van der Waals surface area contributed by atoms with Gasteiger partial charge in [0.1, 0.15) is 30.5 Å². The molecule has 1 aliphatic rings. The number of para-hydroxylation sites is 2. The fraction of sp³-hybridized carbons (Fsp3) is 0.179. The van der Waals surface area contributed by atoms with Crippen molar-refractivity contribution in [1.29, 1.82) is 0 Å². The van der Waals surface area contributed by atoms with Crippen LogP contribution in [-0.4, -0.2) is 34.9 Å². The van der Waals surface area contributed by atoms with Crippen LogP contribution in [0, 0.1) is 5.82 Å². The smallest absolute Gasteiger partial charge is 0.255 e. The molecule has 0 saturated carbocycles. The lowest BCUT2D eigenvalue weighted by atomic mass is 9.94. The Kier molecular flexibility index (Phi) is 7.38. The van der Waals surface area contributed by atoms with Crippen LogP contribution in [-0.2, 0) is 11.4 Å². The Hall–Kier alpha value is -4.57. The maximum absolute atomic E-state index is 14.2. The number of hydrogen-bond acceptors (Lipinski definition) is 7. The molecule has 5 rings (SSSR count). The molecule has 0 bridgehead atoms. The summed E-state index contributed by atoms with van der Waals surface area (Å²) in [5, 5.41) is 10.7. The molecule has 2 heterocycles. The fourth-order valence-electron chi connectivity index (χ4n) is 4.42. The maximum atomic E-state index is 14.2. The molecule has 1 aromatic heterocycles. The molecule has 3 aromatic carbocycles. The van der Waals surface area contributed by atoms with E-state index >= 15 is 0 Å². The summed E-state index contributed by atoms with van der Waals surface area (Å²) in [6.07, 6.45) is 1.41. The van der Waals surface area contributed by atoms with E-state index in [1.54, 1.807) is 48.0 Å². The fourth-order valence-corrected chi connectivity index (χ4v) is 4.64. The molecule has 0 unspecified atom stereocenters. The number of ether oxygens (including phenoxy) is 3. The Labute approximate surface area is 229 Å². The number of methoxy groups -OCH3 is 2. The van der Waals surface area contributed by atoms with Crippen LogP contribution in [0.4, 0.5) is 16.0 Å². The van der Waals surface area contributed by atoms with E-state index in [4.69, 9.17) is 25.8 Å². The molecule has 11 heteroatoms. The Morgan fingerprint density at radius 1 is 1.08 bits per heavy atom. The molecule has 0 saturated heterocycles. The first kappa shape index (κ1) is 26.1. The molecule has 0 spiro atoms. The van der Waals surface area contributed by atoms with E-state index in [1.807, 2.05) is 12.1 Å². The average molecular weight is 550 g/mol. The number of nitrogens with zero attached hydrogens (tertiary/aromatic N) is 3. The summed E-state index contributed by atoms with van der Waals surface area (Å²) in [6.45, 7) is 1.71. The number of aromatic nitrogens is 3. The summed E-state index contributed by atoms with van der Waals surface area (Å²) in [6, 6.07) is 16.2. The maximum Gasteiger partial charge on any atom is 0.255 e. The van der Waals surface area contributed by atoms with Crippen LogP contribution in [0.3, 0.4) is 0 Å². The van der Waals surface area contributed by atoms with Gasteiger partial charge in [0.05, 0.1) is 30.5 Å². The van der Waals surface area contributed by atoms with Crippen molar-refractivity contribution in [3.63, 3.8) is 0 Å². The lowest BCUT2D eigenvalue weighted by Crippen LogP contribution is -2.31. The van der Waals surface area contributed by atoms with Gasteiger partial charge in [0, 0.05) is 11.3 Å². The monoisotopic (exact) mass is 549 g/mol. The van der Waals surface area contributed by atoms with Crippen molar-refractivity contribution in [3.05, 3.63) is 100 Å². The topological polar surface area (TPSA) is 99.5 Å². The number of carbonyl (C=O) groups excluding carboxylic acids is 1. The molecule has 1 amide bonds. The van der Waals surface area contributed by atoms with Crippen LogP contribution in [0.5, 0.6) is 17.2 Å². The molecule has 39 heavy (non-hydrogen) atoms. The van der Waals surface area contributed by atoms with Crippen LogP contribution in [0.25, 0.3) is 0 Å². The summed E-state index contributed by atoms with van der Waals surface area (Å²) in [5.41, 5.74) is 2.50. The van der Waals surface area contributed by atoms with E-state index < -0.39 is 11.9 Å². The van der Waals surface area contributed by atoms with Crippen molar-refractivity contribution in [3.8, 4) is 17.2 Å². The van der Waals surface area contributed by atoms with Gasteiger partial charge in [-0.05, 0) is 48.9 Å². The summed E-state index contributed by atoms with van der Waals surface area (Å²) in [4.78, 5) is 18.0. The van der Waals surface area contributed by atoms with E-state index in [0.29, 0.717) is 45.7 Å². The summed E-state index contributed by atoms with van der Waals surface area (Å²) < 4.78 is 32.7. The number of nitrogens with one attached hydrogen (secondary N) is 2. The molecular formula is C28H25ClFN5O4. The number of fused-ring (bicyclic) bond motifs is 1. The zero-order valence-electron chi connectivity index (χ0n) is 21.4. The van der Waals surface area contributed by atoms with E-state index in [9.17, 15) is 9.18 Å². The molecule has 4 aromatic rings. The predicted octanol–water partition coefficient (Wildman–Crippen LogP) is 5.59. The number of carbonyl (C=O) groups is 1. The molecule has 2 N–H and O–H groups in total. The number of halogens is 2. The van der Waals surface area contributed by atoms with Crippen molar-refractivity contribution in [2.75, 3.05) is 24.9 Å². The van der Waals surface area contributed by atoms with E-state index in [1.165, 1.54) is 32.7 Å². The highest BCUT2D eigenvalue weighted by Gasteiger charge is 2.34. The van der Waals surface area contributed by atoms with Gasteiger partial charge in [-0.15, -0.1) is 0 Å². The van der Waals surface area contributed by atoms with Crippen molar-refractivity contribution >= 4 is 29.1 Å². The van der Waals surface area contributed by atoms with E-state index in [-0.39, 0.29) is 23.1 Å². The van der Waals surface area contributed by atoms with Crippen molar-refractivity contribution in [2.45, 2.75) is 19.6 Å². The van der Waals surface area contributed by atoms with Crippen LogP contribution in [0.15, 0.2) is 78.3 Å². The minimum atomic E-state index is -0.637. The standard InChI is InChI=1S/C28H25ClFN5O4/c1-16-25(27(36)34-21-9-4-5-10-22(21)37-2)26(35-28(33-16)31-15-32-35)17-11-12-23(24(13-17)38-3)39-14-18-19(29)7-6-8-20(18)30/h4-13,15,26H,14H2,1-3H3,(H,34,36)(H,31,32,33)/t26-/m0/s1. The quantitative estimate of drug-likeness (QED) is 0.295. The average Bonchev–Trinajstić information content (AvgIpc) is 3.40. The minimum Gasteiger partial charge on any atom is -0.495 e. The Bertz CT molecular complexity index is 1550. The van der Waals surface area contributed by atoms with Crippen molar-refractivity contribution < 1.29 is 23.4 Å². The third-order valence-electron chi connectivity index (χ3n) is 6.33. The van der Waals surface area contributed by atoms with Crippen molar-refractivity contribution in [1.82, 2.24) is 14.8 Å². The molecule has 9 nitrogen and oxygen atoms in total. The number of amides is 1. The van der Waals surface area contributed by atoms with E-state index in [0.717, 1.165) is 0 Å². The number of anilines is 2. The first-order valence-electron chi connectivity index (χ1n) is 12.0. The summed E-state index contributed by atoms with van der Waals surface area (Å²) >= 11 is 6.15. The van der Waals surface area contributed by atoms with Crippen LogP contribution in [0.2, 0.25) is 5.02 Å². The largest absolute Gasteiger partial charge is 0.495 e. The molecular weight excluding hydrogens is 525 g/mol. The predicted molar refractivity (Wildman–Crippen MR) is 145 cm³/mol. The van der Waals surface area contributed by atoms with Gasteiger partial charge in [0.15, 0.2) is 11.5 Å². The second-order valence-corrected chi connectivity index (χ2v) is 9.06. The zero-order chi connectivity index (χ0) is 27.5. The van der Waals surface area contributed by atoms with E-state index in [2.05, 4.69) is 20.7 Å². The molecule has 0 fully saturated rings. The van der Waals surface area contributed by atoms with Crippen LogP contribution in [0.1, 0.15) is 24.1 Å². The lowest BCUT2D eigenvalue weighted by Gasteiger charge is -2.29. The van der Waals surface area contributed by atoms with Gasteiger partial charge < -0.3 is 24.8 Å². The van der Waals surface area contributed by atoms with Gasteiger partial charge in [-0.2, -0.15) is 10.1 Å². The zero-order valence-corrected chi connectivity index (χ0v) is 22.1. The minimum absolute atomic E-state index is 0.0899. The third-order valence-corrected chi connectivity index (χ3v) is 6.69. The second-order valence-electron chi connectivity index (χ2n) is 8.65. The van der Waals surface area contributed by atoms with Gasteiger partial charge in [-0.25, -0.2) is 9.07 Å². The van der Waals surface area contributed by atoms with Crippen molar-refractivity contribution in [2.24, 2.45) is 0 Å². The number of benzene rings is 3. The number of rotatable bonds is 8. The SMILES string of the molecule is COc1ccccc1NC(=O)C1=C(C)Nc2ncnn2[C@H]1c1ccc(OCc2c(F)cccc2Cl)c(OC)c1. The van der Waals surface area contributed by atoms with Gasteiger partial charge in [0.2, 0.25) is 5.95 Å². The Morgan fingerprint density at radius 2 is 1.87 bits per heavy atom. The molecule has 0 radical (unpaired) electrons. The highest BCUT2D eigenvalue weighted by molar-refractivity contribution is 6.31. The Morgan fingerprint density at radius 3 is 2.64 bits per heavy atom. The Balaban J connectivity index is 1.49. The number of allylic oxidation sites excluding steroid dienone is 1. The molecule has 1 atom stereocenters. The van der Waals surface area contributed by atoms with Gasteiger partial charge >= 0.3 is 0 Å². The highest BCUT2D eigenvalue weighted by Crippen LogP contribution is 2.39. The highest BCUT2D eigenvalue weighted by atomic mass is 35.5. The van der Waals surface area contributed by atoms with Crippen LogP contribution >= 0.6 is 11.6 Å². The first-order valence-corrected chi connectivity index (χ1v) is 12.3. The lowest BCUT2D eigenvalue weighted by molar-refractivity contribution is -0.113. The number of hydrogen-bond donors (Lipinski definition) is 2. The van der Waals surface area contributed by atoms with Crippen LogP contribution < -0.4 is 24.8 Å². The molecule has 1 aliphatic heterocycles. The second kappa shape index (κ2) is 11.0. The first-order chi connectivity index (χ1) is 18.9. The van der Waals surface area contributed by atoms with Gasteiger partial charge in [-0.1, -0.05) is 35.9 Å². The summed E-state index contributed by atoms with van der Waals surface area (Å²) in [5.74, 6) is 0.988. The van der Waals surface area contributed by atoms with Gasteiger partial charge in [0.25, 0.3) is 5.91 Å². The third kappa shape index (κ3) is 5.10. The normalized spacial score (nSPS) is 14.3. The molecule has 0 aliphatic carbocycles. The molecule has 200 valence electrons. The van der Waals surface area contributed by atoms with Gasteiger partial charge in [-0.3, -0.25) is 4.79 Å². The summed E-state index contributed by atoms with van der Waals surface area (Å²) in [7, 11) is 3.04.